The Morgan fingerprint density at radius 3 is 2.48 bits per heavy atom. The molecular formula is C15H13Cl2NO3. The van der Waals surface area contributed by atoms with Crippen LogP contribution < -0.4 is 10.1 Å². The molecule has 2 aromatic rings. The Labute approximate surface area is 132 Å². The minimum absolute atomic E-state index is 0.225. The van der Waals surface area contributed by atoms with Crippen LogP contribution in [0.3, 0.4) is 0 Å². The molecule has 0 saturated heterocycles. The normalized spacial score (nSPS) is 10.2. The maximum atomic E-state index is 11.1. The van der Waals surface area contributed by atoms with Crippen LogP contribution in [0.5, 0.6) is 5.75 Å². The number of carboxylic acids is 1. The Kier molecular flexibility index (Phi) is 5.31. The van der Waals surface area contributed by atoms with E-state index in [9.17, 15) is 4.79 Å². The largest absolute Gasteiger partial charge is 0.492 e. The fraction of sp³-hybridized carbons (Fsp3) is 0.133. The Morgan fingerprint density at radius 1 is 1.14 bits per heavy atom. The van der Waals surface area contributed by atoms with Crippen LogP contribution in [-0.2, 0) is 0 Å². The zero-order valence-corrected chi connectivity index (χ0v) is 12.5. The van der Waals surface area contributed by atoms with Gasteiger partial charge in [-0.1, -0.05) is 35.3 Å². The number of halogens is 2. The van der Waals surface area contributed by atoms with Gasteiger partial charge in [-0.15, -0.1) is 0 Å². The van der Waals surface area contributed by atoms with Crippen LogP contribution in [-0.4, -0.2) is 24.2 Å². The molecule has 6 heteroatoms. The van der Waals surface area contributed by atoms with Gasteiger partial charge in [0.2, 0.25) is 0 Å². The van der Waals surface area contributed by atoms with E-state index >= 15 is 0 Å². The summed E-state index contributed by atoms with van der Waals surface area (Å²) in [7, 11) is 0. The molecule has 0 bridgehead atoms. The van der Waals surface area contributed by atoms with E-state index in [2.05, 4.69) is 5.32 Å². The predicted molar refractivity (Wildman–Crippen MR) is 83.8 cm³/mol. The Hall–Kier alpha value is -1.91. The maximum Gasteiger partial charge on any atom is 0.337 e. The van der Waals surface area contributed by atoms with Crippen molar-refractivity contribution in [3.63, 3.8) is 0 Å². The molecule has 0 amide bonds. The third-order valence-electron chi connectivity index (χ3n) is 2.68. The number of rotatable bonds is 6. The Balaban J connectivity index is 1.89. The zero-order valence-electron chi connectivity index (χ0n) is 11.0. The number of aromatic carboxylic acids is 1. The standard InChI is InChI=1S/C15H13Cl2NO3/c16-10-7-11(17)9-12(8-10)21-6-5-18-14-4-2-1-3-13(14)15(19)20/h1-4,7-9,18H,5-6H2,(H,19,20). The second-order valence-corrected chi connectivity index (χ2v) is 5.10. The lowest BCUT2D eigenvalue weighted by Gasteiger charge is -2.11. The minimum atomic E-state index is -0.972. The molecule has 0 fully saturated rings. The molecule has 0 aliphatic heterocycles. The first kappa shape index (κ1) is 15.5. The summed E-state index contributed by atoms with van der Waals surface area (Å²) in [4.78, 5) is 11.1. The monoisotopic (exact) mass is 325 g/mol. The van der Waals surface area contributed by atoms with E-state index < -0.39 is 5.97 Å². The fourth-order valence-electron chi connectivity index (χ4n) is 1.79. The summed E-state index contributed by atoms with van der Waals surface area (Å²) < 4.78 is 5.51. The first-order valence-electron chi connectivity index (χ1n) is 6.21. The average molecular weight is 326 g/mol. The van der Waals surface area contributed by atoms with E-state index in [-0.39, 0.29) is 5.56 Å². The molecule has 0 aliphatic rings. The molecule has 0 unspecified atom stereocenters. The molecule has 0 saturated carbocycles. The molecule has 0 aromatic heterocycles. The second-order valence-electron chi connectivity index (χ2n) is 4.23. The highest BCUT2D eigenvalue weighted by Gasteiger charge is 2.08. The highest BCUT2D eigenvalue weighted by Crippen LogP contribution is 2.24. The van der Waals surface area contributed by atoms with Gasteiger partial charge in [-0.2, -0.15) is 0 Å². The van der Waals surface area contributed by atoms with Crippen molar-refractivity contribution in [2.24, 2.45) is 0 Å². The number of hydrogen-bond acceptors (Lipinski definition) is 3. The molecule has 2 aromatic carbocycles. The molecule has 4 nitrogen and oxygen atoms in total. The van der Waals surface area contributed by atoms with E-state index in [0.29, 0.717) is 34.6 Å². The first-order valence-corrected chi connectivity index (χ1v) is 6.97. The molecule has 2 rings (SSSR count). The molecule has 21 heavy (non-hydrogen) atoms. The van der Waals surface area contributed by atoms with Gasteiger partial charge in [-0.3, -0.25) is 0 Å². The predicted octanol–water partition coefficient (Wildman–Crippen LogP) is 4.18. The van der Waals surface area contributed by atoms with Gasteiger partial charge < -0.3 is 15.2 Å². The summed E-state index contributed by atoms with van der Waals surface area (Å²) in [5.41, 5.74) is 0.779. The van der Waals surface area contributed by atoms with Crippen LogP contribution in [0.2, 0.25) is 10.0 Å². The smallest absolute Gasteiger partial charge is 0.337 e. The van der Waals surface area contributed by atoms with Crippen LogP contribution in [0.1, 0.15) is 10.4 Å². The SMILES string of the molecule is O=C(O)c1ccccc1NCCOc1cc(Cl)cc(Cl)c1. The highest BCUT2D eigenvalue weighted by molar-refractivity contribution is 6.34. The van der Waals surface area contributed by atoms with Gasteiger partial charge in [-0.25, -0.2) is 4.79 Å². The summed E-state index contributed by atoms with van der Waals surface area (Å²) >= 11 is 11.7. The van der Waals surface area contributed by atoms with Crippen molar-refractivity contribution >= 4 is 34.9 Å². The second kappa shape index (κ2) is 7.20. The van der Waals surface area contributed by atoms with E-state index in [1.165, 1.54) is 0 Å². The van der Waals surface area contributed by atoms with Crippen LogP contribution in [0.25, 0.3) is 0 Å². The molecule has 0 heterocycles. The van der Waals surface area contributed by atoms with Gasteiger partial charge >= 0.3 is 5.97 Å². The number of para-hydroxylation sites is 1. The summed E-state index contributed by atoms with van der Waals surface area (Å²) in [6.07, 6.45) is 0. The quantitative estimate of drug-likeness (QED) is 0.782. The van der Waals surface area contributed by atoms with E-state index in [0.717, 1.165) is 0 Å². The van der Waals surface area contributed by atoms with Crippen LogP contribution >= 0.6 is 23.2 Å². The van der Waals surface area contributed by atoms with E-state index in [4.69, 9.17) is 33.0 Å². The van der Waals surface area contributed by atoms with Crippen molar-refractivity contribution in [2.75, 3.05) is 18.5 Å². The molecule has 0 aliphatic carbocycles. The van der Waals surface area contributed by atoms with Crippen molar-refractivity contribution in [2.45, 2.75) is 0 Å². The van der Waals surface area contributed by atoms with Crippen LogP contribution in [0.15, 0.2) is 42.5 Å². The van der Waals surface area contributed by atoms with Gasteiger partial charge in [0.25, 0.3) is 0 Å². The molecule has 2 N–H and O–H groups in total. The number of carboxylic acid groups (broad SMARTS) is 1. The average Bonchev–Trinajstić information content (AvgIpc) is 2.43. The molecular weight excluding hydrogens is 313 g/mol. The summed E-state index contributed by atoms with van der Waals surface area (Å²) in [6.45, 7) is 0.805. The van der Waals surface area contributed by atoms with Crippen molar-refractivity contribution in [3.8, 4) is 5.75 Å². The lowest BCUT2D eigenvalue weighted by atomic mass is 10.2. The van der Waals surface area contributed by atoms with Gasteiger partial charge in [0.05, 0.1) is 5.56 Å². The number of ether oxygens (including phenoxy) is 1. The first-order chi connectivity index (χ1) is 10.1. The summed E-state index contributed by atoms with van der Waals surface area (Å²) in [5.74, 6) is -0.401. The molecule has 0 spiro atoms. The fourth-order valence-corrected chi connectivity index (χ4v) is 2.30. The van der Waals surface area contributed by atoms with Gasteiger partial charge in [0.15, 0.2) is 0 Å². The van der Waals surface area contributed by atoms with Crippen molar-refractivity contribution < 1.29 is 14.6 Å². The van der Waals surface area contributed by atoms with Gasteiger partial charge in [0.1, 0.15) is 12.4 Å². The molecule has 0 radical (unpaired) electrons. The number of nitrogens with one attached hydrogen (secondary N) is 1. The van der Waals surface area contributed by atoms with Crippen LogP contribution in [0, 0.1) is 0 Å². The summed E-state index contributed by atoms with van der Waals surface area (Å²) in [5, 5.41) is 13.1. The zero-order chi connectivity index (χ0) is 15.2. The van der Waals surface area contributed by atoms with Crippen molar-refractivity contribution in [3.05, 3.63) is 58.1 Å². The lowest BCUT2D eigenvalue weighted by molar-refractivity contribution is 0.0698. The Morgan fingerprint density at radius 2 is 1.81 bits per heavy atom. The Bertz CT molecular complexity index is 626. The number of anilines is 1. The number of hydrogen-bond donors (Lipinski definition) is 2. The third kappa shape index (κ3) is 4.55. The number of carbonyl (C=O) groups is 1. The van der Waals surface area contributed by atoms with Gasteiger partial charge in [-0.05, 0) is 30.3 Å². The highest BCUT2D eigenvalue weighted by atomic mass is 35.5. The third-order valence-corrected chi connectivity index (χ3v) is 3.12. The van der Waals surface area contributed by atoms with E-state index in [1.54, 1.807) is 42.5 Å². The minimum Gasteiger partial charge on any atom is -0.492 e. The number of benzene rings is 2. The van der Waals surface area contributed by atoms with Crippen molar-refractivity contribution in [1.82, 2.24) is 0 Å². The van der Waals surface area contributed by atoms with E-state index in [1.807, 2.05) is 0 Å². The van der Waals surface area contributed by atoms with Crippen molar-refractivity contribution in [1.29, 1.82) is 0 Å². The lowest BCUT2D eigenvalue weighted by Crippen LogP contribution is -2.13. The maximum absolute atomic E-state index is 11.1. The molecule has 110 valence electrons. The topological polar surface area (TPSA) is 58.6 Å². The van der Waals surface area contributed by atoms with Gasteiger partial charge in [0, 0.05) is 22.3 Å². The summed E-state index contributed by atoms with van der Waals surface area (Å²) in [6, 6.07) is 11.7. The van der Waals surface area contributed by atoms with Crippen LogP contribution in [0.4, 0.5) is 5.69 Å². The molecule has 0 atom stereocenters.